The highest BCUT2D eigenvalue weighted by atomic mass is 16.4. The average Bonchev–Trinajstić information content (AvgIpc) is 2.70. The van der Waals surface area contributed by atoms with Crippen molar-refractivity contribution in [1.82, 2.24) is 4.57 Å². The number of carboxylic acid groups (broad SMARTS) is 1. The maximum atomic E-state index is 11.4. The van der Waals surface area contributed by atoms with Crippen molar-refractivity contribution in [2.24, 2.45) is 0 Å². The molecule has 5 nitrogen and oxygen atoms in total. The Kier molecular flexibility index (Phi) is 4.58. The maximum absolute atomic E-state index is 11.4. The van der Waals surface area contributed by atoms with Gasteiger partial charge in [0.25, 0.3) is 0 Å². The zero-order valence-electron chi connectivity index (χ0n) is 13.4. The van der Waals surface area contributed by atoms with Gasteiger partial charge in [0.2, 0.25) is 0 Å². The number of hydrogen-bond acceptors (Lipinski definition) is 3. The van der Waals surface area contributed by atoms with Gasteiger partial charge in [0.05, 0.1) is 23.8 Å². The van der Waals surface area contributed by atoms with Crippen LogP contribution in [0.5, 0.6) is 0 Å². The number of hydrogen-bond donors (Lipinski definition) is 3. The van der Waals surface area contributed by atoms with Gasteiger partial charge < -0.3 is 19.9 Å². The van der Waals surface area contributed by atoms with E-state index in [0.717, 1.165) is 27.7 Å². The van der Waals surface area contributed by atoms with Crippen LogP contribution in [0.3, 0.4) is 0 Å². The summed E-state index contributed by atoms with van der Waals surface area (Å²) in [6, 6.07) is 3.31. The summed E-state index contributed by atoms with van der Waals surface area (Å²) in [6.07, 6.45) is -0.702. The van der Waals surface area contributed by atoms with Crippen LogP contribution in [0.2, 0.25) is 0 Å². The minimum absolute atomic E-state index is 0.0118. The van der Waals surface area contributed by atoms with Gasteiger partial charge in [-0.05, 0) is 37.5 Å². The average molecular weight is 305 g/mol. The van der Waals surface area contributed by atoms with Crippen LogP contribution < -0.4 is 0 Å². The summed E-state index contributed by atoms with van der Waals surface area (Å²) in [4.78, 5) is 11.4. The number of rotatable bonds is 5. The molecule has 3 N–H and O–H groups in total. The van der Waals surface area contributed by atoms with E-state index in [1.54, 1.807) is 19.1 Å². The van der Waals surface area contributed by atoms with E-state index in [-0.39, 0.29) is 18.1 Å². The molecular weight excluding hydrogens is 282 g/mol. The quantitative estimate of drug-likeness (QED) is 0.793. The van der Waals surface area contributed by atoms with E-state index in [1.165, 1.54) is 0 Å². The fourth-order valence-electron chi connectivity index (χ4n) is 3.14. The van der Waals surface area contributed by atoms with Gasteiger partial charge in [-0.1, -0.05) is 13.8 Å². The lowest BCUT2D eigenvalue weighted by Crippen LogP contribution is -2.07. The minimum Gasteiger partial charge on any atom is -0.478 e. The summed E-state index contributed by atoms with van der Waals surface area (Å²) in [7, 11) is 0. The van der Waals surface area contributed by atoms with Crippen molar-refractivity contribution >= 4 is 16.9 Å². The Hall–Kier alpha value is -1.85. The summed E-state index contributed by atoms with van der Waals surface area (Å²) in [5.41, 5.74) is 3.64. The molecule has 0 amide bonds. The number of benzene rings is 1. The van der Waals surface area contributed by atoms with Gasteiger partial charge in [0, 0.05) is 23.2 Å². The van der Waals surface area contributed by atoms with Gasteiger partial charge in [-0.2, -0.15) is 0 Å². The zero-order chi connectivity index (χ0) is 16.6. The summed E-state index contributed by atoms with van der Waals surface area (Å²) >= 11 is 0. The van der Waals surface area contributed by atoms with Crippen LogP contribution in [0.25, 0.3) is 10.9 Å². The third kappa shape index (κ3) is 2.62. The lowest BCUT2D eigenvalue weighted by Gasteiger charge is -2.13. The van der Waals surface area contributed by atoms with Gasteiger partial charge in [0.15, 0.2) is 0 Å². The van der Waals surface area contributed by atoms with Crippen LogP contribution in [0.4, 0.5) is 0 Å². The Labute approximate surface area is 129 Å². The molecule has 1 unspecified atom stereocenters. The number of nitrogens with zero attached hydrogens (tertiary/aromatic N) is 1. The fourth-order valence-corrected chi connectivity index (χ4v) is 3.14. The summed E-state index contributed by atoms with van der Waals surface area (Å²) < 4.78 is 1.97. The number of aromatic nitrogens is 1. The van der Waals surface area contributed by atoms with Crippen molar-refractivity contribution in [3.8, 4) is 0 Å². The molecule has 5 heteroatoms. The standard InChI is InChI=1S/C17H23NO4/c1-9(2)13-7-12(17(21)22)8-14-15(11(4)20)10(3)18(5-6-19)16(13)14/h7-9,11,19-20H,5-6H2,1-4H3,(H,21,22). The maximum Gasteiger partial charge on any atom is 0.335 e. The van der Waals surface area contributed by atoms with Crippen molar-refractivity contribution in [1.29, 1.82) is 0 Å². The first-order valence-corrected chi connectivity index (χ1v) is 7.48. The molecule has 0 saturated heterocycles. The van der Waals surface area contributed by atoms with Crippen LogP contribution in [-0.2, 0) is 6.54 Å². The van der Waals surface area contributed by atoms with Crippen LogP contribution in [-0.4, -0.2) is 32.5 Å². The van der Waals surface area contributed by atoms with E-state index in [1.807, 2.05) is 25.3 Å². The Morgan fingerprint density at radius 3 is 2.36 bits per heavy atom. The molecule has 1 heterocycles. The van der Waals surface area contributed by atoms with E-state index in [0.29, 0.717) is 6.54 Å². The molecular formula is C17H23NO4. The van der Waals surface area contributed by atoms with Gasteiger partial charge >= 0.3 is 5.97 Å². The zero-order valence-corrected chi connectivity index (χ0v) is 13.4. The highest BCUT2D eigenvalue weighted by Crippen LogP contribution is 2.36. The predicted molar refractivity (Wildman–Crippen MR) is 85.4 cm³/mol. The van der Waals surface area contributed by atoms with Crippen molar-refractivity contribution in [2.45, 2.75) is 46.3 Å². The van der Waals surface area contributed by atoms with E-state index < -0.39 is 12.1 Å². The predicted octanol–water partition coefficient (Wildman–Crippen LogP) is 2.82. The first-order chi connectivity index (χ1) is 10.3. The van der Waals surface area contributed by atoms with Crippen molar-refractivity contribution in [3.05, 3.63) is 34.5 Å². The fraction of sp³-hybridized carbons (Fsp3) is 0.471. The molecule has 120 valence electrons. The number of aliphatic hydroxyl groups excluding tert-OH is 2. The molecule has 1 aromatic carbocycles. The molecule has 0 radical (unpaired) electrons. The first kappa shape index (κ1) is 16.5. The second-order valence-corrected chi connectivity index (χ2v) is 5.97. The van der Waals surface area contributed by atoms with Crippen molar-refractivity contribution in [2.75, 3.05) is 6.61 Å². The van der Waals surface area contributed by atoms with Gasteiger partial charge in [-0.25, -0.2) is 4.79 Å². The van der Waals surface area contributed by atoms with Crippen molar-refractivity contribution < 1.29 is 20.1 Å². The van der Waals surface area contributed by atoms with E-state index in [9.17, 15) is 20.1 Å². The van der Waals surface area contributed by atoms with Gasteiger partial charge in [-0.3, -0.25) is 0 Å². The lowest BCUT2D eigenvalue weighted by atomic mass is 9.95. The molecule has 2 rings (SSSR count). The molecule has 1 aromatic heterocycles. The first-order valence-electron chi connectivity index (χ1n) is 7.48. The SMILES string of the molecule is Cc1c(C(C)O)c2cc(C(=O)O)cc(C(C)C)c2n1CCO. The van der Waals surface area contributed by atoms with E-state index >= 15 is 0 Å². The molecule has 0 aliphatic carbocycles. The van der Waals surface area contributed by atoms with Gasteiger partial charge in [-0.15, -0.1) is 0 Å². The number of fused-ring (bicyclic) bond motifs is 1. The Morgan fingerprint density at radius 1 is 1.27 bits per heavy atom. The normalized spacial score (nSPS) is 13.0. The number of carboxylic acids is 1. The largest absolute Gasteiger partial charge is 0.478 e. The van der Waals surface area contributed by atoms with Crippen LogP contribution in [0.15, 0.2) is 12.1 Å². The molecule has 0 fully saturated rings. The summed E-state index contributed by atoms with van der Waals surface area (Å²) in [5, 5.41) is 29.6. The number of aromatic carboxylic acids is 1. The molecule has 0 saturated carbocycles. The molecule has 0 aliphatic rings. The monoisotopic (exact) mass is 305 g/mol. The molecule has 22 heavy (non-hydrogen) atoms. The van der Waals surface area contributed by atoms with Crippen LogP contribution >= 0.6 is 0 Å². The second kappa shape index (κ2) is 6.10. The summed E-state index contributed by atoms with van der Waals surface area (Å²) in [5.74, 6) is -0.844. The van der Waals surface area contributed by atoms with E-state index in [4.69, 9.17) is 0 Å². The van der Waals surface area contributed by atoms with Gasteiger partial charge in [0.1, 0.15) is 0 Å². The topological polar surface area (TPSA) is 82.7 Å². The van der Waals surface area contributed by atoms with Crippen molar-refractivity contribution in [3.63, 3.8) is 0 Å². The molecule has 1 atom stereocenters. The number of carbonyl (C=O) groups is 1. The lowest BCUT2D eigenvalue weighted by molar-refractivity contribution is 0.0697. The molecule has 0 spiro atoms. The highest BCUT2D eigenvalue weighted by Gasteiger charge is 2.22. The van der Waals surface area contributed by atoms with Crippen LogP contribution in [0, 0.1) is 6.92 Å². The second-order valence-electron chi connectivity index (χ2n) is 5.97. The smallest absolute Gasteiger partial charge is 0.335 e. The Morgan fingerprint density at radius 2 is 1.91 bits per heavy atom. The Bertz CT molecular complexity index is 713. The molecule has 2 aromatic rings. The molecule has 0 bridgehead atoms. The third-order valence-electron chi connectivity index (χ3n) is 4.10. The summed E-state index contributed by atoms with van der Waals surface area (Å²) in [6.45, 7) is 7.99. The van der Waals surface area contributed by atoms with E-state index in [2.05, 4.69) is 0 Å². The third-order valence-corrected chi connectivity index (χ3v) is 4.10. The Balaban J connectivity index is 2.96. The number of aliphatic hydroxyl groups is 2. The minimum atomic E-state index is -0.979. The van der Waals surface area contributed by atoms with Crippen LogP contribution in [0.1, 0.15) is 60.0 Å². The molecule has 0 aliphatic heterocycles. The highest BCUT2D eigenvalue weighted by molar-refractivity contribution is 5.97.